The maximum atomic E-state index is 2.54. The quantitative estimate of drug-likeness (QED) is 0.535. The minimum Gasteiger partial charge on any atom is -0.0879 e. The molecule has 0 nitrogen and oxygen atoms in total. The first kappa shape index (κ1) is 10.0. The van der Waals surface area contributed by atoms with Crippen molar-refractivity contribution in [3.63, 3.8) is 0 Å². The summed E-state index contributed by atoms with van der Waals surface area (Å²) in [5.74, 6) is 0.760. The molecule has 2 aliphatic rings. The highest BCUT2D eigenvalue weighted by molar-refractivity contribution is 5.16. The zero-order valence-electron chi connectivity index (χ0n) is 9.55. The van der Waals surface area contributed by atoms with Crippen molar-refractivity contribution in [3.05, 3.63) is 23.8 Å². The van der Waals surface area contributed by atoms with E-state index in [1.54, 1.807) is 5.57 Å². The SMILES string of the molecule is CC(C)C1=CCC2(C=CCC2)CCC1. The van der Waals surface area contributed by atoms with Gasteiger partial charge in [-0.3, -0.25) is 0 Å². The Bertz CT molecular complexity index is 257. The van der Waals surface area contributed by atoms with Crippen LogP contribution >= 0.6 is 0 Å². The molecule has 0 fully saturated rings. The fraction of sp³-hybridized carbons (Fsp3) is 0.714. The lowest BCUT2D eigenvalue weighted by atomic mass is 9.80. The summed E-state index contributed by atoms with van der Waals surface area (Å²) in [5, 5.41) is 0. The molecule has 2 rings (SSSR count). The van der Waals surface area contributed by atoms with Crippen LogP contribution in [-0.4, -0.2) is 0 Å². The Labute approximate surface area is 88.1 Å². The Morgan fingerprint density at radius 1 is 1.29 bits per heavy atom. The molecular formula is C14H22. The van der Waals surface area contributed by atoms with Gasteiger partial charge in [-0.05, 0) is 49.9 Å². The van der Waals surface area contributed by atoms with Gasteiger partial charge in [0.15, 0.2) is 0 Å². The van der Waals surface area contributed by atoms with Gasteiger partial charge in [-0.1, -0.05) is 37.6 Å². The lowest BCUT2D eigenvalue weighted by Crippen LogP contribution is -2.12. The fourth-order valence-electron chi connectivity index (χ4n) is 2.87. The van der Waals surface area contributed by atoms with Crippen LogP contribution in [0.3, 0.4) is 0 Å². The highest BCUT2D eigenvalue weighted by Crippen LogP contribution is 2.43. The molecule has 0 saturated carbocycles. The first-order valence-corrected chi connectivity index (χ1v) is 6.08. The molecule has 0 aromatic rings. The molecule has 0 radical (unpaired) electrons. The maximum Gasteiger partial charge on any atom is -0.00806 e. The lowest BCUT2D eigenvalue weighted by molar-refractivity contribution is 0.346. The summed E-state index contributed by atoms with van der Waals surface area (Å²) in [6, 6.07) is 0. The zero-order valence-corrected chi connectivity index (χ0v) is 9.55. The Balaban J connectivity index is 2.09. The molecule has 1 atom stereocenters. The second-order valence-corrected chi connectivity index (χ2v) is 5.29. The molecule has 1 unspecified atom stereocenters. The summed E-state index contributed by atoms with van der Waals surface area (Å²) in [7, 11) is 0. The van der Waals surface area contributed by atoms with Gasteiger partial charge in [-0.2, -0.15) is 0 Å². The molecular weight excluding hydrogens is 168 g/mol. The highest BCUT2D eigenvalue weighted by Gasteiger charge is 2.29. The van der Waals surface area contributed by atoms with Crippen LogP contribution in [0, 0.1) is 11.3 Å². The number of rotatable bonds is 1. The number of hydrogen-bond donors (Lipinski definition) is 0. The van der Waals surface area contributed by atoms with Gasteiger partial charge in [0.1, 0.15) is 0 Å². The van der Waals surface area contributed by atoms with Crippen LogP contribution in [0.2, 0.25) is 0 Å². The van der Waals surface area contributed by atoms with Gasteiger partial charge in [-0.15, -0.1) is 0 Å². The Kier molecular flexibility index (Phi) is 2.80. The summed E-state index contributed by atoms with van der Waals surface area (Å²) in [4.78, 5) is 0. The number of hydrogen-bond acceptors (Lipinski definition) is 0. The topological polar surface area (TPSA) is 0 Å². The van der Waals surface area contributed by atoms with Crippen molar-refractivity contribution in [2.75, 3.05) is 0 Å². The molecule has 0 N–H and O–H groups in total. The van der Waals surface area contributed by atoms with Gasteiger partial charge in [-0.25, -0.2) is 0 Å². The maximum absolute atomic E-state index is 2.54. The van der Waals surface area contributed by atoms with E-state index in [9.17, 15) is 0 Å². The second-order valence-electron chi connectivity index (χ2n) is 5.29. The molecule has 0 bridgehead atoms. The van der Waals surface area contributed by atoms with E-state index >= 15 is 0 Å². The van der Waals surface area contributed by atoms with Crippen molar-refractivity contribution in [2.24, 2.45) is 11.3 Å². The first-order valence-electron chi connectivity index (χ1n) is 6.08. The molecule has 0 amide bonds. The third-order valence-corrected chi connectivity index (χ3v) is 3.93. The van der Waals surface area contributed by atoms with Crippen LogP contribution in [0.1, 0.15) is 52.4 Å². The van der Waals surface area contributed by atoms with Crippen molar-refractivity contribution >= 4 is 0 Å². The fourth-order valence-corrected chi connectivity index (χ4v) is 2.87. The molecule has 2 aliphatic carbocycles. The van der Waals surface area contributed by atoms with Crippen LogP contribution < -0.4 is 0 Å². The molecule has 14 heavy (non-hydrogen) atoms. The van der Waals surface area contributed by atoms with Crippen molar-refractivity contribution in [1.29, 1.82) is 0 Å². The predicted molar refractivity (Wildman–Crippen MR) is 62.2 cm³/mol. The average molecular weight is 190 g/mol. The van der Waals surface area contributed by atoms with Crippen molar-refractivity contribution in [1.82, 2.24) is 0 Å². The summed E-state index contributed by atoms with van der Waals surface area (Å²) in [6.07, 6.45) is 15.6. The molecule has 0 aliphatic heterocycles. The largest absolute Gasteiger partial charge is 0.0879 e. The second kappa shape index (κ2) is 3.92. The smallest absolute Gasteiger partial charge is 0.00806 e. The van der Waals surface area contributed by atoms with E-state index in [0.29, 0.717) is 5.41 Å². The van der Waals surface area contributed by atoms with Gasteiger partial charge < -0.3 is 0 Å². The van der Waals surface area contributed by atoms with E-state index in [1.165, 1.54) is 38.5 Å². The first-order chi connectivity index (χ1) is 6.72. The summed E-state index contributed by atoms with van der Waals surface area (Å²) >= 11 is 0. The minimum atomic E-state index is 0.566. The Morgan fingerprint density at radius 2 is 2.14 bits per heavy atom. The van der Waals surface area contributed by atoms with Gasteiger partial charge in [0.05, 0.1) is 0 Å². The van der Waals surface area contributed by atoms with E-state index in [4.69, 9.17) is 0 Å². The Morgan fingerprint density at radius 3 is 2.79 bits per heavy atom. The van der Waals surface area contributed by atoms with Crippen molar-refractivity contribution in [3.8, 4) is 0 Å². The van der Waals surface area contributed by atoms with Gasteiger partial charge in [0.25, 0.3) is 0 Å². The third-order valence-electron chi connectivity index (χ3n) is 3.93. The molecule has 1 spiro atoms. The average Bonchev–Trinajstić information content (AvgIpc) is 2.47. The molecule has 0 aromatic carbocycles. The summed E-state index contributed by atoms with van der Waals surface area (Å²) in [5.41, 5.74) is 2.26. The summed E-state index contributed by atoms with van der Waals surface area (Å²) in [6.45, 7) is 4.66. The van der Waals surface area contributed by atoms with E-state index in [0.717, 1.165) is 5.92 Å². The number of allylic oxidation sites excluding steroid dienone is 4. The third kappa shape index (κ3) is 1.94. The van der Waals surface area contributed by atoms with Crippen LogP contribution in [0.4, 0.5) is 0 Å². The molecule has 0 heteroatoms. The molecule has 0 heterocycles. The molecule has 0 saturated heterocycles. The zero-order chi connectivity index (χ0) is 10.0. The Hall–Kier alpha value is -0.520. The highest BCUT2D eigenvalue weighted by atomic mass is 14.3. The van der Waals surface area contributed by atoms with E-state index in [1.807, 2.05) is 0 Å². The van der Waals surface area contributed by atoms with Crippen LogP contribution in [0.25, 0.3) is 0 Å². The molecule has 0 aromatic heterocycles. The summed E-state index contributed by atoms with van der Waals surface area (Å²) < 4.78 is 0. The van der Waals surface area contributed by atoms with Crippen LogP contribution in [0.15, 0.2) is 23.8 Å². The van der Waals surface area contributed by atoms with Crippen molar-refractivity contribution in [2.45, 2.75) is 52.4 Å². The van der Waals surface area contributed by atoms with Crippen LogP contribution in [-0.2, 0) is 0 Å². The van der Waals surface area contributed by atoms with Crippen molar-refractivity contribution < 1.29 is 0 Å². The predicted octanol–water partition coefficient (Wildman–Crippen LogP) is 4.48. The van der Waals surface area contributed by atoms with E-state index < -0.39 is 0 Å². The van der Waals surface area contributed by atoms with Crippen LogP contribution in [0.5, 0.6) is 0 Å². The van der Waals surface area contributed by atoms with Gasteiger partial charge in [0.2, 0.25) is 0 Å². The van der Waals surface area contributed by atoms with Gasteiger partial charge >= 0.3 is 0 Å². The van der Waals surface area contributed by atoms with Gasteiger partial charge in [0, 0.05) is 0 Å². The normalized spacial score (nSPS) is 32.4. The molecule has 78 valence electrons. The standard InChI is InChI=1S/C14H22/c1-12(2)13-6-5-10-14(11-7-13)8-3-4-9-14/h3,7-8,12H,4-6,9-11H2,1-2H3. The van der Waals surface area contributed by atoms with E-state index in [-0.39, 0.29) is 0 Å². The van der Waals surface area contributed by atoms with E-state index in [2.05, 4.69) is 32.1 Å². The monoisotopic (exact) mass is 190 g/mol. The minimum absolute atomic E-state index is 0.566. The lowest BCUT2D eigenvalue weighted by Gasteiger charge is -2.24.